The van der Waals surface area contributed by atoms with E-state index in [4.69, 9.17) is 0 Å². The van der Waals surface area contributed by atoms with E-state index in [1.807, 2.05) is 12.1 Å². The van der Waals surface area contributed by atoms with Crippen molar-refractivity contribution in [3.05, 3.63) is 11.6 Å². The average molecular weight is 426 g/mol. The molecule has 1 aromatic rings. The van der Waals surface area contributed by atoms with Gasteiger partial charge in [0.1, 0.15) is 10.8 Å². The third-order valence-corrected chi connectivity index (χ3v) is 9.08. The molecule has 2 heterocycles. The first-order valence-electron chi connectivity index (χ1n) is 10.5. The van der Waals surface area contributed by atoms with Gasteiger partial charge < -0.3 is 10.1 Å². The molecule has 1 fully saturated rings. The first-order valence-corrected chi connectivity index (χ1v) is 12.1. The fourth-order valence-electron chi connectivity index (χ4n) is 4.02. The second-order valence-corrected chi connectivity index (χ2v) is 12.7. The molecule has 3 rings (SSSR count). The molecule has 0 aromatic carbocycles. The molecule has 1 aliphatic heterocycles. The molecule has 8 nitrogen and oxygen atoms in total. The van der Waals surface area contributed by atoms with Crippen LogP contribution < -0.4 is 0 Å². The fraction of sp³-hybridized carbons (Fsp3) is 0.850. The minimum atomic E-state index is -3.45. The molecule has 164 valence electrons. The van der Waals surface area contributed by atoms with Gasteiger partial charge >= 0.3 is 0 Å². The van der Waals surface area contributed by atoms with Gasteiger partial charge in [0.15, 0.2) is 21.5 Å². The summed E-state index contributed by atoms with van der Waals surface area (Å²) in [6.07, 6.45) is 3.30. The van der Waals surface area contributed by atoms with E-state index in [1.165, 1.54) is 0 Å². The van der Waals surface area contributed by atoms with Gasteiger partial charge in [0.25, 0.3) is 0 Å². The summed E-state index contributed by atoms with van der Waals surface area (Å²) in [6, 6.07) is -0.0659. The number of aliphatic hydroxyl groups is 1. The molecule has 0 amide bonds. The van der Waals surface area contributed by atoms with E-state index in [1.54, 1.807) is 13.8 Å². The number of sulfone groups is 1. The number of aromatic nitrogens is 3. The van der Waals surface area contributed by atoms with Crippen LogP contribution in [0.3, 0.4) is 0 Å². The lowest BCUT2D eigenvalue weighted by Crippen LogP contribution is -2.36. The molecule has 2 N–H and O–H groups in total. The molecule has 1 saturated carbocycles. The molecule has 1 unspecified atom stereocenters. The van der Waals surface area contributed by atoms with E-state index in [0.717, 1.165) is 25.0 Å². The molecular formula is C20H35N5O3S. The number of hydrogen-bond acceptors (Lipinski definition) is 7. The average Bonchev–Trinajstić information content (AvgIpc) is 3.23. The zero-order valence-corrected chi connectivity index (χ0v) is 19.3. The lowest BCUT2D eigenvalue weighted by atomic mass is 9.87. The highest BCUT2D eigenvalue weighted by Gasteiger charge is 2.42. The van der Waals surface area contributed by atoms with Crippen LogP contribution in [0.15, 0.2) is 5.10 Å². The monoisotopic (exact) mass is 425 g/mol. The fourth-order valence-corrected chi connectivity index (χ4v) is 5.78. The van der Waals surface area contributed by atoms with E-state index in [2.05, 4.69) is 41.1 Å². The molecular weight excluding hydrogens is 390 g/mol. The summed E-state index contributed by atoms with van der Waals surface area (Å²) in [6.45, 7) is 9.79. The van der Waals surface area contributed by atoms with Gasteiger partial charge in [-0.1, -0.05) is 20.8 Å². The lowest BCUT2D eigenvalue weighted by Gasteiger charge is -2.29. The summed E-state index contributed by atoms with van der Waals surface area (Å²) < 4.78 is 25.2. The molecule has 0 bridgehead atoms. The number of nitrogens with zero attached hydrogens (tertiary/aromatic N) is 4. The van der Waals surface area contributed by atoms with Crippen LogP contribution in [0.25, 0.3) is 0 Å². The molecule has 1 atom stereocenters. The van der Waals surface area contributed by atoms with Crippen molar-refractivity contribution < 1.29 is 13.5 Å². The van der Waals surface area contributed by atoms with Gasteiger partial charge in [-0.25, -0.2) is 8.42 Å². The lowest BCUT2D eigenvalue weighted by molar-refractivity contribution is 0.113. The smallest absolute Gasteiger partial charge is 0.163 e. The predicted molar refractivity (Wildman–Crippen MR) is 113 cm³/mol. The minimum absolute atomic E-state index is 0.0257. The molecule has 2 aliphatic rings. The first-order chi connectivity index (χ1) is 13.3. The van der Waals surface area contributed by atoms with Crippen LogP contribution in [0.4, 0.5) is 0 Å². The zero-order valence-electron chi connectivity index (χ0n) is 18.4. The Balaban J connectivity index is 1.75. The van der Waals surface area contributed by atoms with Crippen molar-refractivity contribution in [3.63, 3.8) is 0 Å². The van der Waals surface area contributed by atoms with Crippen LogP contribution in [0.5, 0.6) is 0 Å². The van der Waals surface area contributed by atoms with Gasteiger partial charge in [0.05, 0.1) is 11.9 Å². The molecule has 1 aliphatic carbocycles. The first kappa shape index (κ1) is 22.2. The third kappa shape index (κ3) is 4.50. The van der Waals surface area contributed by atoms with Gasteiger partial charge in [-0.05, 0) is 45.4 Å². The van der Waals surface area contributed by atoms with Gasteiger partial charge in [-0.15, -0.1) is 10.2 Å². The molecule has 9 heteroatoms. The SMILES string of the molecule is CN1N=C(C(C)(C)C)CC1c1nnc(C(C)(C)S(=O)(=O)C[C@H]2CC[C@H](O)CC2)[nH]1. The maximum atomic E-state index is 13.2. The molecule has 0 radical (unpaired) electrons. The standard InChI is InChI=1S/C20H35N5O3S/c1-19(2,3)16-11-15(25(6)24-16)17-21-18(23-22-17)20(4,5)29(27,28)12-13-7-9-14(26)10-8-13/h13-15,26H,7-12H2,1-6H3,(H,21,22,23)/t13-,14-,15?. The van der Waals surface area contributed by atoms with Crippen molar-refractivity contribution in [3.8, 4) is 0 Å². The predicted octanol–water partition coefficient (Wildman–Crippen LogP) is 2.78. The Bertz CT molecular complexity index is 861. The van der Waals surface area contributed by atoms with Crippen LogP contribution in [0, 0.1) is 11.3 Å². The summed E-state index contributed by atoms with van der Waals surface area (Å²) in [5, 5.41) is 24.7. The summed E-state index contributed by atoms with van der Waals surface area (Å²) in [5.74, 6) is 1.23. The minimum Gasteiger partial charge on any atom is -0.393 e. The summed E-state index contributed by atoms with van der Waals surface area (Å²) in [7, 11) is -1.54. The second-order valence-electron chi connectivity index (χ2n) is 10.1. The summed E-state index contributed by atoms with van der Waals surface area (Å²) >= 11 is 0. The van der Waals surface area contributed by atoms with Crippen LogP contribution in [0.1, 0.15) is 84.4 Å². The van der Waals surface area contributed by atoms with Gasteiger partial charge in [0, 0.05) is 24.6 Å². The molecule has 29 heavy (non-hydrogen) atoms. The zero-order chi connectivity index (χ0) is 21.6. The Morgan fingerprint density at radius 3 is 2.28 bits per heavy atom. The van der Waals surface area contributed by atoms with E-state index in [9.17, 15) is 13.5 Å². The Kier molecular flexibility index (Phi) is 5.86. The Morgan fingerprint density at radius 1 is 1.10 bits per heavy atom. The summed E-state index contributed by atoms with van der Waals surface area (Å²) in [5.41, 5.74) is 1.07. The van der Waals surface area contributed by atoms with Crippen molar-refractivity contribution in [2.75, 3.05) is 12.8 Å². The van der Waals surface area contributed by atoms with Crippen LogP contribution >= 0.6 is 0 Å². The maximum Gasteiger partial charge on any atom is 0.163 e. The largest absolute Gasteiger partial charge is 0.393 e. The number of aromatic amines is 1. The molecule has 0 spiro atoms. The second kappa shape index (κ2) is 7.65. The number of aliphatic hydroxyl groups excluding tert-OH is 1. The van der Waals surface area contributed by atoms with Crippen LogP contribution in [-0.4, -0.2) is 58.3 Å². The number of H-pyrrole nitrogens is 1. The van der Waals surface area contributed by atoms with E-state index in [0.29, 0.717) is 24.5 Å². The third-order valence-electron chi connectivity index (χ3n) is 6.42. The highest BCUT2D eigenvalue weighted by molar-refractivity contribution is 7.92. The number of nitrogens with one attached hydrogen (secondary N) is 1. The molecule has 1 aromatic heterocycles. The summed E-state index contributed by atoms with van der Waals surface area (Å²) in [4.78, 5) is 3.19. The quantitative estimate of drug-likeness (QED) is 0.750. The maximum absolute atomic E-state index is 13.2. The number of hydrogen-bond donors (Lipinski definition) is 2. The van der Waals surface area contributed by atoms with Crippen molar-refractivity contribution in [1.29, 1.82) is 0 Å². The molecule has 0 saturated heterocycles. The van der Waals surface area contributed by atoms with Crippen LogP contribution in [-0.2, 0) is 14.6 Å². The number of hydrazone groups is 1. The Morgan fingerprint density at radius 2 is 1.72 bits per heavy atom. The van der Waals surface area contributed by atoms with E-state index in [-0.39, 0.29) is 29.2 Å². The van der Waals surface area contributed by atoms with Crippen molar-refractivity contribution in [2.45, 2.75) is 83.6 Å². The normalized spacial score (nSPS) is 26.7. The Hall–Kier alpha value is -1.48. The van der Waals surface area contributed by atoms with Crippen molar-refractivity contribution in [1.82, 2.24) is 20.2 Å². The van der Waals surface area contributed by atoms with Crippen LogP contribution in [0.2, 0.25) is 0 Å². The van der Waals surface area contributed by atoms with E-state index >= 15 is 0 Å². The van der Waals surface area contributed by atoms with Gasteiger partial charge in [0.2, 0.25) is 0 Å². The van der Waals surface area contributed by atoms with E-state index < -0.39 is 14.6 Å². The highest BCUT2D eigenvalue weighted by Crippen LogP contribution is 2.36. The number of rotatable bonds is 5. The van der Waals surface area contributed by atoms with Gasteiger partial charge in [-0.2, -0.15) is 5.10 Å². The topological polar surface area (TPSA) is 112 Å². The van der Waals surface area contributed by atoms with Crippen molar-refractivity contribution in [2.24, 2.45) is 16.4 Å². The highest BCUT2D eigenvalue weighted by atomic mass is 32.2. The van der Waals surface area contributed by atoms with Gasteiger partial charge in [-0.3, -0.25) is 5.01 Å². The van der Waals surface area contributed by atoms with Crippen molar-refractivity contribution >= 4 is 15.5 Å². The Labute approximate surface area is 174 Å².